The molecule has 1 saturated carbocycles. The molecule has 0 radical (unpaired) electrons. The normalized spacial score (nSPS) is 23.7. The predicted molar refractivity (Wildman–Crippen MR) is 127 cm³/mol. The third-order valence-electron chi connectivity index (χ3n) is 7.76. The summed E-state index contributed by atoms with van der Waals surface area (Å²) in [4.78, 5) is 34.2. The molecule has 3 atom stereocenters. The molecular weight excluding hydrogens is 431 g/mol. The average Bonchev–Trinajstić information content (AvgIpc) is 3.59. The molecule has 34 heavy (non-hydrogen) atoms. The Labute approximate surface area is 200 Å². The van der Waals surface area contributed by atoms with Crippen molar-refractivity contribution in [1.29, 1.82) is 0 Å². The summed E-state index contributed by atoms with van der Waals surface area (Å²) >= 11 is 0. The van der Waals surface area contributed by atoms with Crippen LogP contribution >= 0.6 is 0 Å². The van der Waals surface area contributed by atoms with Gasteiger partial charge in [0.05, 0.1) is 6.04 Å². The molecule has 0 bridgehead atoms. The fourth-order valence-electron chi connectivity index (χ4n) is 5.92. The molecule has 7 heteroatoms. The zero-order chi connectivity index (χ0) is 23.5. The van der Waals surface area contributed by atoms with Crippen LogP contribution in [0.3, 0.4) is 0 Å². The number of fused-ring (bicyclic) bond motifs is 1. The van der Waals surface area contributed by atoms with Crippen molar-refractivity contribution in [2.75, 3.05) is 32.7 Å². The second-order valence-corrected chi connectivity index (χ2v) is 10.1. The van der Waals surface area contributed by atoms with E-state index in [9.17, 15) is 14.0 Å². The van der Waals surface area contributed by atoms with Crippen LogP contribution in [0.1, 0.15) is 54.2 Å². The van der Waals surface area contributed by atoms with Crippen LogP contribution in [0.2, 0.25) is 0 Å². The number of carbonyl (C=O) groups excluding carboxylic acids is 2. The molecule has 0 spiro atoms. The molecule has 1 N–H and O–H groups in total. The van der Waals surface area contributed by atoms with Crippen LogP contribution in [0.4, 0.5) is 4.39 Å². The Morgan fingerprint density at radius 2 is 1.79 bits per heavy atom. The van der Waals surface area contributed by atoms with Gasteiger partial charge in [0.25, 0.3) is 5.91 Å². The topological polar surface area (TPSA) is 65.5 Å². The minimum atomic E-state index is -0.272. The summed E-state index contributed by atoms with van der Waals surface area (Å²) in [6, 6.07) is 11.9. The van der Waals surface area contributed by atoms with E-state index in [4.69, 9.17) is 0 Å². The summed E-state index contributed by atoms with van der Waals surface area (Å²) in [6.07, 6.45) is 6.53. The number of nitrogens with one attached hydrogen (secondary N) is 1. The largest absolute Gasteiger partial charge is 0.349 e. The van der Waals surface area contributed by atoms with Crippen LogP contribution in [-0.2, 0) is 4.79 Å². The zero-order valence-electron chi connectivity index (χ0n) is 19.5. The van der Waals surface area contributed by atoms with Gasteiger partial charge in [0.1, 0.15) is 11.5 Å². The van der Waals surface area contributed by atoms with Crippen LogP contribution in [0.5, 0.6) is 0 Å². The van der Waals surface area contributed by atoms with E-state index in [0.29, 0.717) is 17.5 Å². The van der Waals surface area contributed by atoms with E-state index in [-0.39, 0.29) is 29.6 Å². The van der Waals surface area contributed by atoms with Gasteiger partial charge in [0.15, 0.2) is 0 Å². The van der Waals surface area contributed by atoms with Crippen molar-refractivity contribution >= 4 is 11.8 Å². The third kappa shape index (κ3) is 5.14. The molecule has 2 amide bonds. The van der Waals surface area contributed by atoms with Gasteiger partial charge in [-0.2, -0.15) is 0 Å². The number of halogens is 1. The number of pyridine rings is 1. The van der Waals surface area contributed by atoms with Crippen molar-refractivity contribution in [3.63, 3.8) is 0 Å². The Hall–Kier alpha value is -2.80. The maximum Gasteiger partial charge on any atom is 0.272 e. The fraction of sp³-hybridized carbons (Fsp3) is 0.519. The van der Waals surface area contributed by atoms with Crippen molar-refractivity contribution in [3.8, 4) is 0 Å². The molecule has 180 valence electrons. The lowest BCUT2D eigenvalue weighted by Gasteiger charge is -2.25. The van der Waals surface area contributed by atoms with Gasteiger partial charge in [0, 0.05) is 44.8 Å². The van der Waals surface area contributed by atoms with E-state index in [0.717, 1.165) is 70.4 Å². The van der Waals surface area contributed by atoms with Crippen molar-refractivity contribution < 1.29 is 14.0 Å². The fourth-order valence-corrected chi connectivity index (χ4v) is 5.92. The molecular formula is C27H33FN4O2. The number of aromatic nitrogens is 1. The lowest BCUT2D eigenvalue weighted by molar-refractivity contribution is -0.125. The number of hydrogen-bond donors (Lipinski definition) is 1. The number of hydrogen-bond acceptors (Lipinski definition) is 4. The summed E-state index contributed by atoms with van der Waals surface area (Å²) < 4.78 is 13.9. The highest BCUT2D eigenvalue weighted by Crippen LogP contribution is 2.33. The molecule has 1 aromatic heterocycles. The van der Waals surface area contributed by atoms with Crippen molar-refractivity contribution in [1.82, 2.24) is 20.1 Å². The lowest BCUT2D eigenvalue weighted by atomic mass is 10.0. The summed E-state index contributed by atoms with van der Waals surface area (Å²) in [6.45, 7) is 4.27. The first kappa shape index (κ1) is 23.0. The number of amides is 2. The lowest BCUT2D eigenvalue weighted by Crippen LogP contribution is -2.36. The van der Waals surface area contributed by atoms with E-state index in [2.05, 4.69) is 15.2 Å². The van der Waals surface area contributed by atoms with Crippen molar-refractivity contribution in [2.45, 2.75) is 38.1 Å². The average molecular weight is 465 g/mol. The van der Waals surface area contributed by atoms with Crippen LogP contribution in [-0.4, -0.2) is 59.3 Å². The number of nitrogens with zero attached hydrogens (tertiary/aromatic N) is 3. The maximum absolute atomic E-state index is 13.9. The number of likely N-dealkylation sites (tertiary alicyclic amines) is 2. The minimum Gasteiger partial charge on any atom is -0.349 e. The smallest absolute Gasteiger partial charge is 0.272 e. The van der Waals surface area contributed by atoms with Gasteiger partial charge in [-0.1, -0.05) is 31.0 Å². The number of benzene rings is 1. The van der Waals surface area contributed by atoms with Crippen LogP contribution < -0.4 is 5.32 Å². The highest BCUT2D eigenvalue weighted by atomic mass is 19.1. The van der Waals surface area contributed by atoms with Gasteiger partial charge < -0.3 is 15.1 Å². The van der Waals surface area contributed by atoms with Crippen molar-refractivity contribution in [2.24, 2.45) is 17.8 Å². The van der Waals surface area contributed by atoms with E-state index >= 15 is 0 Å². The summed E-state index contributed by atoms with van der Waals surface area (Å²) in [5, 5.41) is 3.22. The van der Waals surface area contributed by atoms with Crippen LogP contribution in [0, 0.1) is 23.6 Å². The summed E-state index contributed by atoms with van der Waals surface area (Å²) in [5.74, 6) is 0.869. The van der Waals surface area contributed by atoms with Gasteiger partial charge in [-0.05, 0) is 60.9 Å². The molecule has 6 nitrogen and oxygen atoms in total. The molecule has 3 heterocycles. The van der Waals surface area contributed by atoms with E-state index in [1.54, 1.807) is 24.4 Å². The first-order valence-corrected chi connectivity index (χ1v) is 12.6. The zero-order valence-corrected chi connectivity index (χ0v) is 19.5. The first-order valence-electron chi connectivity index (χ1n) is 12.6. The highest BCUT2D eigenvalue weighted by molar-refractivity contribution is 5.92. The summed E-state index contributed by atoms with van der Waals surface area (Å²) in [5.41, 5.74) is 1.34. The predicted octanol–water partition coefficient (Wildman–Crippen LogP) is 3.66. The standard InChI is InChI=1S/C27H33FN4O2/c28-23-9-5-8-20(14-23)24(30-26(33)19-6-1-2-7-19)11-13-31-15-21-17-32(18-22(21)16-31)27(34)25-10-3-4-12-29-25/h3-5,8-10,12,14,19,21-22,24H,1-2,6-7,11,13,15-18H2,(H,30,33)/t21-,22+,24-/m0/s1. The van der Waals surface area contributed by atoms with Crippen LogP contribution in [0.15, 0.2) is 48.7 Å². The van der Waals surface area contributed by atoms with Crippen molar-refractivity contribution in [3.05, 3.63) is 65.7 Å². The highest BCUT2D eigenvalue weighted by Gasteiger charge is 2.41. The Kier molecular flexibility index (Phi) is 6.90. The molecule has 5 rings (SSSR count). The molecule has 3 fully saturated rings. The Morgan fingerprint density at radius 3 is 2.47 bits per heavy atom. The maximum atomic E-state index is 13.9. The number of rotatable bonds is 7. The van der Waals surface area contributed by atoms with E-state index < -0.39 is 0 Å². The molecule has 2 aromatic rings. The second kappa shape index (κ2) is 10.2. The Bertz CT molecular complexity index is 997. The SMILES string of the molecule is O=C(N[C@@H](CCN1C[C@@H]2CN(C(=O)c3ccccn3)C[C@@H]2C1)c1cccc(F)c1)C1CCCC1. The molecule has 1 aliphatic carbocycles. The van der Waals surface area contributed by atoms with Gasteiger partial charge in [-0.15, -0.1) is 0 Å². The summed E-state index contributed by atoms with van der Waals surface area (Å²) in [7, 11) is 0. The van der Waals surface area contributed by atoms with Gasteiger partial charge in [-0.3, -0.25) is 14.6 Å². The molecule has 3 aliphatic rings. The van der Waals surface area contributed by atoms with Gasteiger partial charge in [0.2, 0.25) is 5.91 Å². The molecule has 0 unspecified atom stereocenters. The van der Waals surface area contributed by atoms with Gasteiger partial charge in [-0.25, -0.2) is 4.39 Å². The third-order valence-corrected chi connectivity index (χ3v) is 7.76. The van der Waals surface area contributed by atoms with E-state index in [1.807, 2.05) is 23.1 Å². The quantitative estimate of drug-likeness (QED) is 0.679. The van der Waals surface area contributed by atoms with Crippen LogP contribution in [0.25, 0.3) is 0 Å². The Balaban J connectivity index is 1.17. The first-order chi connectivity index (χ1) is 16.6. The molecule has 2 saturated heterocycles. The monoisotopic (exact) mass is 464 g/mol. The number of carbonyl (C=O) groups is 2. The Morgan fingerprint density at radius 1 is 1.03 bits per heavy atom. The minimum absolute atomic E-state index is 0.0161. The van der Waals surface area contributed by atoms with E-state index in [1.165, 1.54) is 6.07 Å². The molecule has 1 aromatic carbocycles. The molecule has 2 aliphatic heterocycles. The second-order valence-electron chi connectivity index (χ2n) is 10.1. The van der Waals surface area contributed by atoms with Gasteiger partial charge >= 0.3 is 0 Å².